The van der Waals surface area contributed by atoms with Crippen LogP contribution in [0.15, 0.2) is 30.9 Å². The highest BCUT2D eigenvalue weighted by molar-refractivity contribution is 6.32. The molecular weight excluding hydrogens is 236 g/mol. The van der Waals surface area contributed by atoms with Crippen molar-refractivity contribution in [2.24, 2.45) is 0 Å². The highest BCUT2D eigenvalue weighted by Gasteiger charge is 2.21. The third-order valence-corrected chi connectivity index (χ3v) is 3.18. The average molecular weight is 249 g/mol. The molecule has 1 fully saturated rings. The van der Waals surface area contributed by atoms with Crippen molar-refractivity contribution in [2.75, 3.05) is 0 Å². The van der Waals surface area contributed by atoms with Crippen LogP contribution in [0.5, 0.6) is 0 Å². The van der Waals surface area contributed by atoms with Gasteiger partial charge >= 0.3 is 0 Å². The van der Waals surface area contributed by atoms with E-state index in [1.165, 1.54) is 19.2 Å². The molecule has 1 N–H and O–H groups in total. The molecule has 0 saturated heterocycles. The number of hydrogen-bond donors (Lipinski definition) is 1. The lowest BCUT2D eigenvalue weighted by Gasteiger charge is -2.11. The van der Waals surface area contributed by atoms with Gasteiger partial charge < -0.3 is 5.32 Å². The SMILES string of the molecule is Clc1cccc(CNC2CC2)c1-n1cncn1. The van der Waals surface area contributed by atoms with Crippen molar-refractivity contribution >= 4 is 11.6 Å². The first-order valence-corrected chi connectivity index (χ1v) is 6.08. The molecule has 17 heavy (non-hydrogen) atoms. The lowest BCUT2D eigenvalue weighted by Crippen LogP contribution is -2.17. The largest absolute Gasteiger partial charge is 0.310 e. The molecule has 1 saturated carbocycles. The second-order valence-corrected chi connectivity index (χ2v) is 4.65. The molecule has 4 nitrogen and oxygen atoms in total. The van der Waals surface area contributed by atoms with E-state index in [1.54, 1.807) is 11.0 Å². The van der Waals surface area contributed by atoms with Crippen molar-refractivity contribution in [2.45, 2.75) is 25.4 Å². The van der Waals surface area contributed by atoms with E-state index in [0.29, 0.717) is 11.1 Å². The molecule has 2 aromatic rings. The Bertz CT molecular complexity index is 505. The van der Waals surface area contributed by atoms with Crippen LogP contribution >= 0.6 is 11.6 Å². The van der Waals surface area contributed by atoms with E-state index in [-0.39, 0.29) is 0 Å². The quantitative estimate of drug-likeness (QED) is 0.902. The smallest absolute Gasteiger partial charge is 0.138 e. The molecule has 0 bridgehead atoms. The Balaban J connectivity index is 1.92. The summed E-state index contributed by atoms with van der Waals surface area (Å²) in [4.78, 5) is 3.96. The molecule has 0 atom stereocenters. The van der Waals surface area contributed by atoms with E-state index in [9.17, 15) is 0 Å². The van der Waals surface area contributed by atoms with Crippen LogP contribution in [0.2, 0.25) is 5.02 Å². The fraction of sp³-hybridized carbons (Fsp3) is 0.333. The van der Waals surface area contributed by atoms with Crippen LogP contribution in [-0.4, -0.2) is 20.8 Å². The van der Waals surface area contributed by atoms with Gasteiger partial charge in [-0.25, -0.2) is 9.67 Å². The summed E-state index contributed by atoms with van der Waals surface area (Å²) in [6.07, 6.45) is 5.74. The summed E-state index contributed by atoms with van der Waals surface area (Å²) < 4.78 is 1.71. The van der Waals surface area contributed by atoms with Gasteiger partial charge in [0.05, 0.1) is 10.7 Å². The van der Waals surface area contributed by atoms with Gasteiger partial charge in [-0.15, -0.1) is 0 Å². The van der Waals surface area contributed by atoms with Gasteiger partial charge in [0.2, 0.25) is 0 Å². The summed E-state index contributed by atoms with van der Waals surface area (Å²) in [6, 6.07) is 6.59. The van der Waals surface area contributed by atoms with Gasteiger partial charge in [-0.1, -0.05) is 23.7 Å². The van der Waals surface area contributed by atoms with Crippen LogP contribution in [0, 0.1) is 0 Å². The second-order valence-electron chi connectivity index (χ2n) is 4.24. The lowest BCUT2D eigenvalue weighted by molar-refractivity contribution is 0.681. The zero-order chi connectivity index (χ0) is 11.7. The van der Waals surface area contributed by atoms with Gasteiger partial charge in [-0.3, -0.25) is 0 Å². The molecular formula is C12H13ClN4. The molecule has 1 aromatic carbocycles. The van der Waals surface area contributed by atoms with Gasteiger partial charge in [0.25, 0.3) is 0 Å². The number of aromatic nitrogens is 3. The lowest BCUT2D eigenvalue weighted by atomic mass is 10.1. The van der Waals surface area contributed by atoms with Crippen molar-refractivity contribution in [1.82, 2.24) is 20.1 Å². The van der Waals surface area contributed by atoms with Gasteiger partial charge in [0.1, 0.15) is 12.7 Å². The molecule has 1 aliphatic carbocycles. The monoisotopic (exact) mass is 248 g/mol. The summed E-state index contributed by atoms with van der Waals surface area (Å²) in [6.45, 7) is 0.820. The number of para-hydroxylation sites is 1. The predicted octanol–water partition coefficient (Wildman–Crippen LogP) is 2.17. The minimum Gasteiger partial charge on any atom is -0.310 e. The first-order chi connectivity index (χ1) is 8.34. The molecule has 0 radical (unpaired) electrons. The average Bonchev–Trinajstić information content (AvgIpc) is 3.01. The highest BCUT2D eigenvalue weighted by Crippen LogP contribution is 2.25. The van der Waals surface area contributed by atoms with Crippen LogP contribution in [0.4, 0.5) is 0 Å². The maximum absolute atomic E-state index is 6.24. The minimum absolute atomic E-state index is 0.678. The van der Waals surface area contributed by atoms with Crippen molar-refractivity contribution in [1.29, 1.82) is 0 Å². The van der Waals surface area contributed by atoms with Crippen molar-refractivity contribution < 1.29 is 0 Å². The molecule has 1 aromatic heterocycles. The van der Waals surface area contributed by atoms with Crippen LogP contribution in [0.1, 0.15) is 18.4 Å². The van der Waals surface area contributed by atoms with Crippen LogP contribution in [0.3, 0.4) is 0 Å². The number of hydrogen-bond acceptors (Lipinski definition) is 3. The Morgan fingerprint density at radius 2 is 2.29 bits per heavy atom. The van der Waals surface area contributed by atoms with Crippen LogP contribution in [0.25, 0.3) is 5.69 Å². The summed E-state index contributed by atoms with van der Waals surface area (Å²) in [5.74, 6) is 0. The number of halogens is 1. The molecule has 0 spiro atoms. The van der Waals surface area contributed by atoms with Crippen molar-refractivity contribution in [3.63, 3.8) is 0 Å². The molecule has 0 unspecified atom stereocenters. The van der Waals surface area contributed by atoms with Gasteiger partial charge in [0.15, 0.2) is 0 Å². The maximum atomic E-state index is 6.24. The molecule has 88 valence electrons. The van der Waals surface area contributed by atoms with E-state index in [1.807, 2.05) is 12.1 Å². The van der Waals surface area contributed by atoms with Crippen molar-refractivity contribution in [3.8, 4) is 5.69 Å². The molecule has 3 rings (SSSR count). The van der Waals surface area contributed by atoms with Gasteiger partial charge in [-0.05, 0) is 24.5 Å². The first-order valence-electron chi connectivity index (χ1n) is 5.70. The molecule has 5 heteroatoms. The summed E-state index contributed by atoms with van der Waals surface area (Å²) >= 11 is 6.24. The van der Waals surface area contributed by atoms with Crippen LogP contribution in [-0.2, 0) is 6.54 Å². The molecule has 0 aliphatic heterocycles. The topological polar surface area (TPSA) is 42.7 Å². The zero-order valence-electron chi connectivity index (χ0n) is 9.31. The minimum atomic E-state index is 0.678. The van der Waals surface area contributed by atoms with E-state index in [0.717, 1.165) is 17.8 Å². The van der Waals surface area contributed by atoms with Crippen LogP contribution < -0.4 is 5.32 Å². The van der Waals surface area contributed by atoms with Crippen molar-refractivity contribution in [3.05, 3.63) is 41.4 Å². The zero-order valence-corrected chi connectivity index (χ0v) is 10.1. The number of nitrogens with zero attached hydrogens (tertiary/aromatic N) is 3. The predicted molar refractivity (Wildman–Crippen MR) is 66.2 cm³/mol. The van der Waals surface area contributed by atoms with E-state index >= 15 is 0 Å². The third-order valence-electron chi connectivity index (χ3n) is 2.88. The summed E-state index contributed by atoms with van der Waals surface area (Å²) in [7, 11) is 0. The highest BCUT2D eigenvalue weighted by atomic mass is 35.5. The Kier molecular flexibility index (Phi) is 2.82. The standard InChI is InChI=1S/C12H13ClN4/c13-11-3-1-2-9(6-15-10-4-5-10)12(11)17-8-14-7-16-17/h1-3,7-8,10,15H,4-6H2. The molecule has 0 amide bonds. The Labute approximate surface area is 105 Å². The Hall–Kier alpha value is -1.39. The number of nitrogens with one attached hydrogen (secondary N) is 1. The fourth-order valence-corrected chi connectivity index (χ4v) is 2.11. The van der Waals surface area contributed by atoms with E-state index < -0.39 is 0 Å². The Morgan fingerprint density at radius 3 is 3.00 bits per heavy atom. The number of benzene rings is 1. The van der Waals surface area contributed by atoms with Gasteiger partial charge in [0, 0.05) is 12.6 Å². The maximum Gasteiger partial charge on any atom is 0.138 e. The summed E-state index contributed by atoms with van der Waals surface area (Å²) in [5.41, 5.74) is 2.06. The molecule has 1 aliphatic rings. The third kappa shape index (κ3) is 2.33. The second kappa shape index (κ2) is 4.47. The van der Waals surface area contributed by atoms with E-state index in [2.05, 4.69) is 21.5 Å². The van der Waals surface area contributed by atoms with E-state index in [4.69, 9.17) is 11.6 Å². The summed E-state index contributed by atoms with van der Waals surface area (Å²) in [5, 5.41) is 8.33. The normalized spacial score (nSPS) is 15.1. The fourth-order valence-electron chi connectivity index (χ4n) is 1.82. The first kappa shape index (κ1) is 10.7. The van der Waals surface area contributed by atoms with Gasteiger partial charge in [-0.2, -0.15) is 5.10 Å². The number of rotatable bonds is 4. The Morgan fingerprint density at radius 1 is 1.41 bits per heavy atom. The molecule has 1 heterocycles.